The molecule has 0 radical (unpaired) electrons. The van der Waals surface area contributed by atoms with Crippen molar-refractivity contribution in [3.05, 3.63) is 35.9 Å². The lowest BCUT2D eigenvalue weighted by molar-refractivity contribution is -0.141. The highest BCUT2D eigenvalue weighted by molar-refractivity contribution is 6.38. The molecule has 0 aliphatic heterocycles. The molecule has 1 aliphatic carbocycles. The minimum absolute atomic E-state index is 0.0126. The molecule has 1 aromatic rings. The standard InChI is InChI=1S/C29H44N4O5/c1-6-7-18-22(23(34)27(37)31-21-16-12-9-13-17-21)32-25(35)19(2)30-28(38)24(29(3,4)5)33-26(36)20-14-10-8-11-15-20/h8,10-11,14-15,19,21-22,24H,6-7,9,12-13,16-18H2,1-5H3,(H,30,38)(H,31,37)(H,32,35)(H,33,36). The van der Waals surface area contributed by atoms with Crippen molar-refractivity contribution in [2.24, 2.45) is 5.41 Å². The Hall–Kier alpha value is -3.23. The van der Waals surface area contributed by atoms with Crippen LogP contribution >= 0.6 is 0 Å². The van der Waals surface area contributed by atoms with E-state index in [-0.39, 0.29) is 6.04 Å². The van der Waals surface area contributed by atoms with Gasteiger partial charge in [0.05, 0.1) is 6.04 Å². The summed E-state index contributed by atoms with van der Waals surface area (Å²) in [6.45, 7) is 8.92. The van der Waals surface area contributed by atoms with Crippen LogP contribution in [0.25, 0.3) is 0 Å². The minimum atomic E-state index is -0.987. The number of ketones is 1. The molecule has 9 nitrogen and oxygen atoms in total. The van der Waals surface area contributed by atoms with Crippen molar-refractivity contribution in [2.45, 2.75) is 110 Å². The maximum Gasteiger partial charge on any atom is 0.289 e. The van der Waals surface area contributed by atoms with Crippen LogP contribution in [-0.2, 0) is 19.2 Å². The summed E-state index contributed by atoms with van der Waals surface area (Å²) in [5, 5.41) is 10.9. The van der Waals surface area contributed by atoms with E-state index in [9.17, 15) is 24.0 Å². The van der Waals surface area contributed by atoms with Gasteiger partial charge in [0.1, 0.15) is 12.1 Å². The first-order chi connectivity index (χ1) is 17.9. The monoisotopic (exact) mass is 528 g/mol. The van der Waals surface area contributed by atoms with E-state index in [0.29, 0.717) is 18.4 Å². The molecular formula is C29H44N4O5. The smallest absolute Gasteiger partial charge is 0.289 e. The average Bonchev–Trinajstić information content (AvgIpc) is 2.89. The maximum atomic E-state index is 13.2. The van der Waals surface area contributed by atoms with Gasteiger partial charge in [-0.2, -0.15) is 0 Å². The molecule has 4 amide bonds. The molecule has 9 heteroatoms. The van der Waals surface area contributed by atoms with Crippen molar-refractivity contribution >= 4 is 29.4 Å². The third-order valence-electron chi connectivity index (χ3n) is 6.84. The highest BCUT2D eigenvalue weighted by atomic mass is 16.2. The topological polar surface area (TPSA) is 133 Å². The summed E-state index contributed by atoms with van der Waals surface area (Å²) in [6.07, 6.45) is 6.66. The van der Waals surface area contributed by atoms with Gasteiger partial charge in [0.15, 0.2) is 0 Å². The molecule has 0 saturated heterocycles. The Morgan fingerprint density at radius 3 is 2.11 bits per heavy atom. The fraction of sp³-hybridized carbons (Fsp3) is 0.621. The number of Topliss-reactive ketones (excluding diaryl/α,β-unsaturated/α-hetero) is 1. The Morgan fingerprint density at radius 2 is 1.53 bits per heavy atom. The predicted octanol–water partition coefficient (Wildman–Crippen LogP) is 3.03. The van der Waals surface area contributed by atoms with Gasteiger partial charge in [-0.05, 0) is 43.7 Å². The first-order valence-electron chi connectivity index (χ1n) is 13.7. The molecular weight excluding hydrogens is 484 g/mol. The second kappa shape index (κ2) is 14.6. The van der Waals surface area contributed by atoms with Gasteiger partial charge < -0.3 is 21.3 Å². The number of hydrogen-bond donors (Lipinski definition) is 4. The van der Waals surface area contributed by atoms with Gasteiger partial charge in [-0.25, -0.2) is 0 Å². The molecule has 1 saturated carbocycles. The van der Waals surface area contributed by atoms with Crippen LogP contribution < -0.4 is 21.3 Å². The van der Waals surface area contributed by atoms with E-state index in [1.807, 2.05) is 27.7 Å². The van der Waals surface area contributed by atoms with E-state index in [1.54, 1.807) is 30.3 Å². The van der Waals surface area contributed by atoms with E-state index in [4.69, 9.17) is 0 Å². The second-order valence-electron chi connectivity index (χ2n) is 11.2. The number of amides is 4. The number of hydrogen-bond acceptors (Lipinski definition) is 5. The molecule has 0 heterocycles. The SMILES string of the molecule is CCCCC(NC(=O)C(C)NC(=O)C(NC(=O)c1ccccc1)C(C)(C)C)C(=O)C(=O)NC1CCCCC1. The summed E-state index contributed by atoms with van der Waals surface area (Å²) in [5.74, 6) is -2.83. The molecule has 1 aliphatic rings. The lowest BCUT2D eigenvalue weighted by Gasteiger charge is -2.31. The Labute approximate surface area is 226 Å². The normalized spacial score (nSPS) is 16.4. The van der Waals surface area contributed by atoms with Crippen LogP contribution in [0.1, 0.15) is 96.3 Å². The summed E-state index contributed by atoms with van der Waals surface area (Å²) in [6, 6.07) is 5.69. The summed E-state index contributed by atoms with van der Waals surface area (Å²) in [5.41, 5.74) is -0.217. The van der Waals surface area contributed by atoms with Crippen LogP contribution in [-0.4, -0.2) is 53.6 Å². The van der Waals surface area contributed by atoms with Gasteiger partial charge in [-0.15, -0.1) is 0 Å². The van der Waals surface area contributed by atoms with Gasteiger partial charge in [-0.3, -0.25) is 24.0 Å². The Kier molecular flexibility index (Phi) is 11.9. The summed E-state index contributed by atoms with van der Waals surface area (Å²) < 4.78 is 0. The second-order valence-corrected chi connectivity index (χ2v) is 11.2. The van der Waals surface area contributed by atoms with Gasteiger partial charge >= 0.3 is 0 Å². The Morgan fingerprint density at radius 1 is 0.895 bits per heavy atom. The summed E-state index contributed by atoms with van der Waals surface area (Å²) in [4.78, 5) is 64.4. The van der Waals surface area contributed by atoms with Crippen molar-refractivity contribution in [3.63, 3.8) is 0 Å². The molecule has 3 atom stereocenters. The molecule has 38 heavy (non-hydrogen) atoms. The Balaban J connectivity index is 2.03. The van der Waals surface area contributed by atoms with E-state index in [0.717, 1.165) is 38.5 Å². The van der Waals surface area contributed by atoms with E-state index >= 15 is 0 Å². The van der Waals surface area contributed by atoms with Crippen molar-refractivity contribution in [3.8, 4) is 0 Å². The number of rotatable bonds is 12. The lowest BCUT2D eigenvalue weighted by atomic mass is 9.85. The first-order valence-corrected chi connectivity index (χ1v) is 13.7. The zero-order chi connectivity index (χ0) is 28.3. The number of unbranched alkanes of at least 4 members (excludes halogenated alkanes) is 1. The van der Waals surface area contributed by atoms with Crippen LogP contribution in [0, 0.1) is 5.41 Å². The van der Waals surface area contributed by atoms with Crippen molar-refractivity contribution < 1.29 is 24.0 Å². The number of carbonyl (C=O) groups excluding carboxylic acids is 5. The third kappa shape index (κ3) is 9.58. The minimum Gasteiger partial charge on any atom is -0.347 e. The van der Waals surface area contributed by atoms with Gasteiger partial charge in [0.2, 0.25) is 17.6 Å². The molecule has 0 spiro atoms. The van der Waals surface area contributed by atoms with Crippen molar-refractivity contribution in [1.29, 1.82) is 0 Å². The van der Waals surface area contributed by atoms with E-state index < -0.39 is 53.0 Å². The van der Waals surface area contributed by atoms with Crippen LogP contribution in [0.2, 0.25) is 0 Å². The lowest BCUT2D eigenvalue weighted by Crippen LogP contribution is -2.58. The highest BCUT2D eigenvalue weighted by Crippen LogP contribution is 2.20. The number of carbonyl (C=O) groups is 5. The van der Waals surface area contributed by atoms with Crippen LogP contribution in [0.15, 0.2) is 30.3 Å². The molecule has 210 valence electrons. The van der Waals surface area contributed by atoms with Gasteiger partial charge in [0.25, 0.3) is 11.8 Å². The van der Waals surface area contributed by atoms with Crippen molar-refractivity contribution in [2.75, 3.05) is 0 Å². The third-order valence-corrected chi connectivity index (χ3v) is 6.84. The molecule has 2 rings (SSSR count). The van der Waals surface area contributed by atoms with Crippen LogP contribution in [0.5, 0.6) is 0 Å². The molecule has 3 unspecified atom stereocenters. The zero-order valence-corrected chi connectivity index (χ0v) is 23.4. The summed E-state index contributed by atoms with van der Waals surface area (Å²) in [7, 11) is 0. The maximum absolute atomic E-state index is 13.2. The van der Waals surface area contributed by atoms with E-state index in [1.165, 1.54) is 6.92 Å². The highest BCUT2D eigenvalue weighted by Gasteiger charge is 2.35. The molecule has 0 aromatic heterocycles. The quantitative estimate of drug-likeness (QED) is 0.310. The fourth-order valence-electron chi connectivity index (χ4n) is 4.48. The van der Waals surface area contributed by atoms with E-state index in [2.05, 4.69) is 21.3 Å². The van der Waals surface area contributed by atoms with Crippen LogP contribution in [0.4, 0.5) is 0 Å². The fourth-order valence-corrected chi connectivity index (χ4v) is 4.48. The molecule has 1 aromatic carbocycles. The Bertz CT molecular complexity index is 967. The largest absolute Gasteiger partial charge is 0.347 e. The number of benzene rings is 1. The van der Waals surface area contributed by atoms with Crippen LogP contribution in [0.3, 0.4) is 0 Å². The van der Waals surface area contributed by atoms with Gasteiger partial charge in [-0.1, -0.05) is 78.0 Å². The van der Waals surface area contributed by atoms with Crippen molar-refractivity contribution in [1.82, 2.24) is 21.3 Å². The first kappa shape index (κ1) is 31.0. The summed E-state index contributed by atoms with van der Waals surface area (Å²) >= 11 is 0. The molecule has 4 N–H and O–H groups in total. The number of nitrogens with one attached hydrogen (secondary N) is 4. The molecule has 1 fully saturated rings. The molecule has 0 bridgehead atoms. The predicted molar refractivity (Wildman–Crippen MR) is 146 cm³/mol. The van der Waals surface area contributed by atoms with Gasteiger partial charge in [0, 0.05) is 11.6 Å². The zero-order valence-electron chi connectivity index (χ0n) is 23.4. The average molecular weight is 529 g/mol.